The molecule has 0 aromatic carbocycles. The standard InChI is InChI=1S/C10H14O2/c11-9-5-7-3-1-2-4-8(7)6-10(9)12/h5,8,10,12H,1-4,6H2. The summed E-state index contributed by atoms with van der Waals surface area (Å²) in [5.74, 6) is 0.426. The van der Waals surface area contributed by atoms with E-state index in [1.807, 2.05) is 0 Å². The lowest BCUT2D eigenvalue weighted by Gasteiger charge is -2.30. The second-order valence-corrected chi connectivity index (χ2v) is 3.82. The molecule has 12 heavy (non-hydrogen) atoms. The third-order valence-corrected chi connectivity index (χ3v) is 2.96. The zero-order valence-electron chi connectivity index (χ0n) is 7.12. The summed E-state index contributed by atoms with van der Waals surface area (Å²) < 4.78 is 0. The van der Waals surface area contributed by atoms with Crippen LogP contribution < -0.4 is 0 Å². The number of ketones is 1. The minimum absolute atomic E-state index is 0.0804. The van der Waals surface area contributed by atoms with Gasteiger partial charge in [0.05, 0.1) is 0 Å². The average molecular weight is 166 g/mol. The second-order valence-electron chi connectivity index (χ2n) is 3.82. The summed E-state index contributed by atoms with van der Waals surface area (Å²) in [6, 6.07) is 0. The number of hydrogen-bond donors (Lipinski definition) is 1. The van der Waals surface area contributed by atoms with Crippen LogP contribution in [-0.4, -0.2) is 17.0 Å². The lowest BCUT2D eigenvalue weighted by molar-refractivity contribution is -0.123. The molecule has 0 spiro atoms. The Morgan fingerprint density at radius 3 is 3.08 bits per heavy atom. The van der Waals surface area contributed by atoms with Crippen molar-refractivity contribution in [1.82, 2.24) is 0 Å². The predicted molar refractivity (Wildman–Crippen MR) is 45.7 cm³/mol. The van der Waals surface area contributed by atoms with Crippen LogP contribution in [0.2, 0.25) is 0 Å². The van der Waals surface area contributed by atoms with Gasteiger partial charge in [-0.05, 0) is 37.7 Å². The minimum Gasteiger partial charge on any atom is -0.385 e. The summed E-state index contributed by atoms with van der Waals surface area (Å²) in [7, 11) is 0. The van der Waals surface area contributed by atoms with Gasteiger partial charge < -0.3 is 5.11 Å². The molecule has 2 aliphatic rings. The molecule has 0 bridgehead atoms. The van der Waals surface area contributed by atoms with E-state index in [1.54, 1.807) is 6.08 Å². The topological polar surface area (TPSA) is 37.3 Å². The molecule has 2 heteroatoms. The van der Waals surface area contributed by atoms with Crippen LogP contribution in [0.15, 0.2) is 11.6 Å². The fourth-order valence-corrected chi connectivity index (χ4v) is 2.23. The first-order valence-electron chi connectivity index (χ1n) is 4.70. The van der Waals surface area contributed by atoms with Gasteiger partial charge in [0.2, 0.25) is 0 Å². The fraction of sp³-hybridized carbons (Fsp3) is 0.700. The number of rotatable bonds is 0. The van der Waals surface area contributed by atoms with Crippen molar-refractivity contribution in [3.8, 4) is 0 Å². The van der Waals surface area contributed by atoms with E-state index in [0.717, 1.165) is 12.8 Å². The Kier molecular flexibility index (Phi) is 2.01. The summed E-state index contributed by atoms with van der Waals surface area (Å²) in [5.41, 5.74) is 1.29. The van der Waals surface area contributed by atoms with Crippen molar-refractivity contribution in [3.63, 3.8) is 0 Å². The molecular formula is C10H14O2. The largest absolute Gasteiger partial charge is 0.385 e. The van der Waals surface area contributed by atoms with Gasteiger partial charge in [-0.15, -0.1) is 0 Å². The zero-order chi connectivity index (χ0) is 8.55. The molecule has 0 heterocycles. The van der Waals surface area contributed by atoms with Crippen LogP contribution >= 0.6 is 0 Å². The normalized spacial score (nSPS) is 35.8. The molecule has 2 nitrogen and oxygen atoms in total. The Labute approximate surface area is 72.3 Å². The first kappa shape index (κ1) is 7.99. The molecule has 0 saturated heterocycles. The predicted octanol–water partition coefficient (Wildman–Crippen LogP) is 1.44. The van der Waals surface area contributed by atoms with Crippen molar-refractivity contribution >= 4 is 5.78 Å². The smallest absolute Gasteiger partial charge is 0.184 e. The van der Waals surface area contributed by atoms with Gasteiger partial charge in [-0.2, -0.15) is 0 Å². The van der Waals surface area contributed by atoms with Crippen LogP contribution in [0.3, 0.4) is 0 Å². The monoisotopic (exact) mass is 166 g/mol. The third-order valence-electron chi connectivity index (χ3n) is 2.96. The van der Waals surface area contributed by atoms with E-state index in [1.165, 1.54) is 18.4 Å². The number of allylic oxidation sites excluding steroid dienone is 1. The molecular weight excluding hydrogens is 152 g/mol. The molecule has 1 saturated carbocycles. The van der Waals surface area contributed by atoms with Crippen LogP contribution in [0.5, 0.6) is 0 Å². The molecule has 66 valence electrons. The summed E-state index contributed by atoms with van der Waals surface area (Å²) >= 11 is 0. The Balaban J connectivity index is 2.19. The van der Waals surface area contributed by atoms with E-state index in [-0.39, 0.29) is 5.78 Å². The molecule has 0 amide bonds. The molecule has 0 radical (unpaired) electrons. The van der Waals surface area contributed by atoms with Gasteiger partial charge in [0, 0.05) is 0 Å². The zero-order valence-corrected chi connectivity index (χ0v) is 7.12. The molecule has 2 unspecified atom stereocenters. The van der Waals surface area contributed by atoms with Crippen molar-refractivity contribution in [2.45, 2.75) is 38.2 Å². The minimum atomic E-state index is -0.711. The van der Waals surface area contributed by atoms with Gasteiger partial charge in [-0.3, -0.25) is 4.79 Å². The highest BCUT2D eigenvalue weighted by molar-refractivity contribution is 5.95. The van der Waals surface area contributed by atoms with E-state index in [2.05, 4.69) is 0 Å². The number of fused-ring (bicyclic) bond motifs is 1. The van der Waals surface area contributed by atoms with Crippen molar-refractivity contribution in [2.24, 2.45) is 5.92 Å². The quantitative estimate of drug-likeness (QED) is 0.591. The van der Waals surface area contributed by atoms with E-state index >= 15 is 0 Å². The lowest BCUT2D eigenvalue weighted by atomic mass is 9.76. The van der Waals surface area contributed by atoms with E-state index in [0.29, 0.717) is 12.3 Å². The van der Waals surface area contributed by atoms with Crippen molar-refractivity contribution in [3.05, 3.63) is 11.6 Å². The number of hydrogen-bond acceptors (Lipinski definition) is 2. The molecule has 1 fully saturated rings. The van der Waals surface area contributed by atoms with E-state index in [4.69, 9.17) is 0 Å². The van der Waals surface area contributed by atoms with Crippen LogP contribution in [0.1, 0.15) is 32.1 Å². The first-order valence-corrected chi connectivity index (χ1v) is 4.70. The van der Waals surface area contributed by atoms with Gasteiger partial charge in [0.1, 0.15) is 6.10 Å². The van der Waals surface area contributed by atoms with Crippen molar-refractivity contribution in [1.29, 1.82) is 0 Å². The van der Waals surface area contributed by atoms with E-state index in [9.17, 15) is 9.90 Å². The van der Waals surface area contributed by atoms with E-state index < -0.39 is 6.10 Å². The summed E-state index contributed by atoms with van der Waals surface area (Å²) in [4.78, 5) is 11.1. The van der Waals surface area contributed by atoms with Gasteiger partial charge in [0.15, 0.2) is 5.78 Å². The number of carbonyl (C=O) groups excluding carboxylic acids is 1. The molecule has 2 aliphatic carbocycles. The van der Waals surface area contributed by atoms with Crippen LogP contribution in [0, 0.1) is 5.92 Å². The Hall–Kier alpha value is -0.630. The Morgan fingerprint density at radius 2 is 2.25 bits per heavy atom. The third kappa shape index (κ3) is 1.31. The summed E-state index contributed by atoms with van der Waals surface area (Å²) in [6.07, 6.45) is 6.34. The maximum absolute atomic E-state index is 11.1. The van der Waals surface area contributed by atoms with Crippen LogP contribution in [0.4, 0.5) is 0 Å². The highest BCUT2D eigenvalue weighted by Gasteiger charge is 2.29. The van der Waals surface area contributed by atoms with Crippen LogP contribution in [-0.2, 0) is 4.79 Å². The van der Waals surface area contributed by atoms with Gasteiger partial charge in [-0.1, -0.05) is 12.0 Å². The number of aliphatic hydroxyl groups is 1. The molecule has 1 N–H and O–H groups in total. The Bertz CT molecular complexity index is 230. The lowest BCUT2D eigenvalue weighted by Crippen LogP contribution is -2.29. The molecule has 0 aliphatic heterocycles. The van der Waals surface area contributed by atoms with Gasteiger partial charge >= 0.3 is 0 Å². The summed E-state index contributed by atoms with van der Waals surface area (Å²) in [5, 5.41) is 9.32. The first-order chi connectivity index (χ1) is 5.77. The summed E-state index contributed by atoms with van der Waals surface area (Å²) in [6.45, 7) is 0. The average Bonchev–Trinajstić information content (AvgIpc) is 2.07. The maximum Gasteiger partial charge on any atom is 0.184 e. The van der Waals surface area contributed by atoms with Gasteiger partial charge in [-0.25, -0.2) is 0 Å². The highest BCUT2D eigenvalue weighted by atomic mass is 16.3. The molecule has 2 atom stereocenters. The fourth-order valence-electron chi connectivity index (χ4n) is 2.23. The maximum atomic E-state index is 11.1. The SMILES string of the molecule is O=C1C=C2CCCCC2CC1O. The molecule has 0 aromatic rings. The number of aliphatic hydroxyl groups excluding tert-OH is 1. The van der Waals surface area contributed by atoms with Crippen molar-refractivity contribution in [2.75, 3.05) is 0 Å². The second kappa shape index (κ2) is 3.02. The van der Waals surface area contributed by atoms with Gasteiger partial charge in [0.25, 0.3) is 0 Å². The Morgan fingerprint density at radius 1 is 1.42 bits per heavy atom. The van der Waals surface area contributed by atoms with Crippen LogP contribution in [0.25, 0.3) is 0 Å². The van der Waals surface area contributed by atoms with Crippen molar-refractivity contribution < 1.29 is 9.90 Å². The molecule has 2 rings (SSSR count). The number of carbonyl (C=O) groups is 1. The highest BCUT2D eigenvalue weighted by Crippen LogP contribution is 2.35. The molecule has 0 aromatic heterocycles.